The van der Waals surface area contributed by atoms with Crippen molar-refractivity contribution in [3.63, 3.8) is 0 Å². The molecule has 0 spiro atoms. The molecule has 12 heavy (non-hydrogen) atoms. The molecule has 0 aromatic carbocycles. The molecule has 1 aliphatic heterocycles. The summed E-state index contributed by atoms with van der Waals surface area (Å²) in [5.74, 6) is 0.913. The molecule has 2 aliphatic rings. The van der Waals surface area contributed by atoms with Crippen LogP contribution in [0.2, 0.25) is 0 Å². The van der Waals surface area contributed by atoms with Crippen molar-refractivity contribution in [1.29, 1.82) is 0 Å². The molecule has 2 unspecified atom stereocenters. The number of hydrogen-bond donors (Lipinski definition) is 1. The van der Waals surface area contributed by atoms with Crippen LogP contribution < -0.4 is 0 Å². The predicted octanol–water partition coefficient (Wildman–Crippen LogP) is 0.801. The third kappa shape index (κ3) is 1.04. The van der Waals surface area contributed by atoms with Crippen molar-refractivity contribution >= 4 is 5.97 Å². The van der Waals surface area contributed by atoms with Crippen LogP contribution in [0.5, 0.6) is 0 Å². The molecule has 68 valence electrons. The normalized spacial score (nSPS) is 34.8. The first kappa shape index (κ1) is 8.05. The van der Waals surface area contributed by atoms with E-state index in [1.807, 2.05) is 0 Å². The minimum atomic E-state index is -0.705. The highest BCUT2D eigenvalue weighted by Gasteiger charge is 2.50. The highest BCUT2D eigenvalue weighted by molar-refractivity contribution is 5.77. The van der Waals surface area contributed by atoms with Crippen LogP contribution in [0.3, 0.4) is 0 Å². The first-order valence-electron chi connectivity index (χ1n) is 4.50. The maximum Gasteiger partial charge on any atom is 0.323 e. The molecule has 3 nitrogen and oxygen atoms in total. The molecule has 2 rings (SSSR count). The topological polar surface area (TPSA) is 40.5 Å². The lowest BCUT2D eigenvalue weighted by molar-refractivity contribution is -0.149. The number of hydrogen-bond acceptors (Lipinski definition) is 2. The van der Waals surface area contributed by atoms with Crippen molar-refractivity contribution in [3.8, 4) is 0 Å². The number of nitrogens with zero attached hydrogens (tertiary/aromatic N) is 1. The van der Waals surface area contributed by atoms with Gasteiger partial charge in [-0.3, -0.25) is 9.69 Å². The van der Waals surface area contributed by atoms with Gasteiger partial charge in [0.1, 0.15) is 5.54 Å². The monoisotopic (exact) mass is 169 g/mol. The van der Waals surface area contributed by atoms with Gasteiger partial charge >= 0.3 is 5.97 Å². The van der Waals surface area contributed by atoms with Gasteiger partial charge in [-0.15, -0.1) is 0 Å². The van der Waals surface area contributed by atoms with Crippen LogP contribution in [0.1, 0.15) is 20.3 Å². The van der Waals surface area contributed by atoms with E-state index in [4.69, 9.17) is 5.11 Å². The van der Waals surface area contributed by atoms with Crippen molar-refractivity contribution in [3.05, 3.63) is 0 Å². The Balaban J connectivity index is 2.04. The molecule has 1 N–H and O–H groups in total. The average Bonchev–Trinajstić information content (AvgIpc) is 2.58. The molecule has 1 heterocycles. The second-order valence-electron chi connectivity index (χ2n) is 4.53. The van der Waals surface area contributed by atoms with Gasteiger partial charge in [0.15, 0.2) is 0 Å². The van der Waals surface area contributed by atoms with E-state index in [2.05, 4.69) is 4.90 Å². The number of likely N-dealkylation sites (tertiary alicyclic amines) is 1. The summed E-state index contributed by atoms with van der Waals surface area (Å²) in [5.41, 5.74) is -0.659. The van der Waals surface area contributed by atoms with Crippen LogP contribution in [0.4, 0.5) is 0 Å². The Kier molecular flexibility index (Phi) is 1.49. The number of fused-ring (bicyclic) bond motifs is 1. The lowest BCUT2D eigenvalue weighted by atomic mass is 10.0. The van der Waals surface area contributed by atoms with E-state index in [1.165, 1.54) is 6.42 Å². The first-order valence-corrected chi connectivity index (χ1v) is 4.50. The molecule has 3 heteroatoms. The Morgan fingerprint density at radius 2 is 1.92 bits per heavy atom. The second-order valence-corrected chi connectivity index (χ2v) is 4.53. The van der Waals surface area contributed by atoms with E-state index in [1.54, 1.807) is 13.8 Å². The lowest BCUT2D eigenvalue weighted by Gasteiger charge is -2.32. The minimum Gasteiger partial charge on any atom is -0.480 e. The van der Waals surface area contributed by atoms with Crippen LogP contribution in [0, 0.1) is 11.8 Å². The largest absolute Gasteiger partial charge is 0.480 e. The van der Waals surface area contributed by atoms with Crippen LogP contribution in [-0.4, -0.2) is 34.6 Å². The number of carboxylic acids is 1. The Morgan fingerprint density at radius 1 is 1.42 bits per heavy atom. The fraction of sp³-hybridized carbons (Fsp3) is 0.889. The smallest absolute Gasteiger partial charge is 0.323 e. The zero-order valence-electron chi connectivity index (χ0n) is 7.58. The van der Waals surface area contributed by atoms with Crippen LogP contribution >= 0.6 is 0 Å². The van der Waals surface area contributed by atoms with Gasteiger partial charge in [0.05, 0.1) is 0 Å². The minimum absolute atomic E-state index is 0.659. The molecule has 1 saturated carbocycles. The predicted molar refractivity (Wildman–Crippen MR) is 44.9 cm³/mol. The summed E-state index contributed by atoms with van der Waals surface area (Å²) < 4.78 is 0. The quantitative estimate of drug-likeness (QED) is 0.664. The van der Waals surface area contributed by atoms with Crippen molar-refractivity contribution < 1.29 is 9.90 Å². The summed E-state index contributed by atoms with van der Waals surface area (Å²) in [6.07, 6.45) is 1.33. The van der Waals surface area contributed by atoms with Gasteiger partial charge in [-0.1, -0.05) is 0 Å². The summed E-state index contributed by atoms with van der Waals surface area (Å²) in [7, 11) is 0. The Morgan fingerprint density at radius 3 is 2.33 bits per heavy atom. The molecule has 0 amide bonds. The molecule has 1 saturated heterocycles. The fourth-order valence-electron chi connectivity index (χ4n) is 1.99. The Labute approximate surface area is 72.4 Å². The number of carbonyl (C=O) groups is 1. The van der Waals surface area contributed by atoms with Gasteiger partial charge in [0.25, 0.3) is 0 Å². The van der Waals surface area contributed by atoms with E-state index in [0.29, 0.717) is 0 Å². The van der Waals surface area contributed by atoms with Crippen molar-refractivity contribution in [2.45, 2.75) is 25.8 Å². The molecule has 0 aromatic rings. The van der Waals surface area contributed by atoms with Gasteiger partial charge in [-0.2, -0.15) is 0 Å². The molecule has 1 aliphatic carbocycles. The number of aliphatic carboxylic acids is 1. The highest BCUT2D eigenvalue weighted by atomic mass is 16.4. The molecule has 0 radical (unpaired) electrons. The number of rotatable bonds is 2. The zero-order valence-corrected chi connectivity index (χ0v) is 7.58. The summed E-state index contributed by atoms with van der Waals surface area (Å²) >= 11 is 0. The van der Waals surface area contributed by atoms with Crippen molar-refractivity contribution in [2.24, 2.45) is 11.8 Å². The number of carboxylic acid groups (broad SMARTS) is 1. The molecular formula is C9H15NO2. The van der Waals surface area contributed by atoms with E-state index in [-0.39, 0.29) is 0 Å². The molecule has 0 aromatic heterocycles. The van der Waals surface area contributed by atoms with Gasteiger partial charge in [-0.25, -0.2) is 0 Å². The maximum absolute atomic E-state index is 10.9. The van der Waals surface area contributed by atoms with Crippen molar-refractivity contribution in [1.82, 2.24) is 4.90 Å². The number of piperidine rings is 1. The van der Waals surface area contributed by atoms with Crippen LogP contribution in [0.15, 0.2) is 0 Å². The summed E-state index contributed by atoms with van der Waals surface area (Å²) in [6, 6.07) is 0. The van der Waals surface area contributed by atoms with E-state index in [9.17, 15) is 4.79 Å². The zero-order chi connectivity index (χ0) is 8.93. The van der Waals surface area contributed by atoms with Gasteiger partial charge < -0.3 is 5.11 Å². The van der Waals surface area contributed by atoms with E-state index in [0.717, 1.165) is 24.9 Å². The lowest BCUT2D eigenvalue weighted by Crippen LogP contribution is -2.49. The molecular weight excluding hydrogens is 154 g/mol. The van der Waals surface area contributed by atoms with Crippen LogP contribution in [-0.2, 0) is 4.79 Å². The van der Waals surface area contributed by atoms with Crippen molar-refractivity contribution in [2.75, 3.05) is 13.1 Å². The van der Waals surface area contributed by atoms with Gasteiger partial charge in [-0.05, 0) is 32.1 Å². The van der Waals surface area contributed by atoms with E-state index < -0.39 is 11.5 Å². The average molecular weight is 169 g/mol. The Hall–Kier alpha value is -0.570. The first-order chi connectivity index (χ1) is 5.51. The summed E-state index contributed by atoms with van der Waals surface area (Å²) in [5, 5.41) is 8.96. The summed E-state index contributed by atoms with van der Waals surface area (Å²) in [4.78, 5) is 13.0. The van der Waals surface area contributed by atoms with Gasteiger partial charge in [0, 0.05) is 13.1 Å². The molecule has 2 fully saturated rings. The Bertz CT molecular complexity index is 215. The second kappa shape index (κ2) is 2.22. The standard InChI is InChI=1S/C9H15NO2/c1-9(2,8(11)12)10-4-6-3-7(6)5-10/h6-7H,3-5H2,1-2H3,(H,11,12). The third-order valence-corrected chi connectivity index (χ3v) is 3.29. The molecule has 2 atom stereocenters. The SMILES string of the molecule is CC(C)(C(=O)O)N1CC2CC2C1. The van der Waals surface area contributed by atoms with Gasteiger partial charge in [0.2, 0.25) is 0 Å². The maximum atomic E-state index is 10.9. The van der Waals surface area contributed by atoms with E-state index >= 15 is 0 Å². The molecule has 0 bridgehead atoms. The highest BCUT2D eigenvalue weighted by Crippen LogP contribution is 2.46. The summed E-state index contributed by atoms with van der Waals surface area (Å²) in [6.45, 7) is 5.56. The van der Waals surface area contributed by atoms with Crippen LogP contribution in [0.25, 0.3) is 0 Å². The third-order valence-electron chi connectivity index (χ3n) is 3.29. The fourth-order valence-corrected chi connectivity index (χ4v) is 1.99.